The summed E-state index contributed by atoms with van der Waals surface area (Å²) in [6.07, 6.45) is 1.36. The highest BCUT2D eigenvalue weighted by molar-refractivity contribution is 6.00. The molecular formula is C21H27F3N4O3. The highest BCUT2D eigenvalue weighted by Crippen LogP contribution is 2.44. The van der Waals surface area contributed by atoms with E-state index in [-0.39, 0.29) is 23.6 Å². The first-order chi connectivity index (χ1) is 14.6. The molecule has 0 radical (unpaired) electrons. The molecule has 3 aliphatic rings. The number of alkyl halides is 3. The molecule has 1 aromatic rings. The second kappa shape index (κ2) is 7.87. The Balaban J connectivity index is 1.56. The summed E-state index contributed by atoms with van der Waals surface area (Å²) < 4.78 is 43.1. The summed E-state index contributed by atoms with van der Waals surface area (Å²) in [5, 5.41) is 7.18. The number of amides is 1. The Morgan fingerprint density at radius 2 is 2.03 bits per heavy atom. The van der Waals surface area contributed by atoms with E-state index in [0.29, 0.717) is 23.7 Å². The zero-order chi connectivity index (χ0) is 22.4. The Morgan fingerprint density at radius 1 is 1.32 bits per heavy atom. The molecule has 1 amide bonds. The van der Waals surface area contributed by atoms with Crippen molar-refractivity contribution in [2.45, 2.75) is 69.8 Å². The average molecular weight is 440 g/mol. The summed E-state index contributed by atoms with van der Waals surface area (Å²) in [4.78, 5) is 24.5. The van der Waals surface area contributed by atoms with Gasteiger partial charge >= 0.3 is 6.18 Å². The van der Waals surface area contributed by atoms with Crippen LogP contribution in [0.15, 0.2) is 17.4 Å². The van der Waals surface area contributed by atoms with Crippen LogP contribution in [0.5, 0.6) is 5.75 Å². The second-order valence-electron chi connectivity index (χ2n) is 8.95. The van der Waals surface area contributed by atoms with Crippen LogP contribution in [0.1, 0.15) is 67.9 Å². The van der Waals surface area contributed by atoms with Crippen molar-refractivity contribution >= 4 is 11.7 Å². The van der Waals surface area contributed by atoms with Gasteiger partial charge in [-0.15, -0.1) is 0 Å². The fourth-order valence-electron chi connectivity index (χ4n) is 3.89. The first-order valence-electron chi connectivity index (χ1n) is 10.5. The molecule has 7 nitrogen and oxygen atoms in total. The van der Waals surface area contributed by atoms with E-state index in [0.717, 1.165) is 25.7 Å². The number of aromatic nitrogens is 1. The summed E-state index contributed by atoms with van der Waals surface area (Å²) >= 11 is 0. The van der Waals surface area contributed by atoms with Crippen LogP contribution in [-0.4, -0.2) is 53.2 Å². The molecule has 1 aromatic heterocycles. The maximum Gasteiger partial charge on any atom is 0.422 e. The number of likely N-dealkylation sites (N-methyl/N-ethyl adjacent to an activating group) is 1. The van der Waals surface area contributed by atoms with E-state index in [2.05, 4.69) is 15.5 Å². The average Bonchev–Trinajstić information content (AvgIpc) is 3.61. The van der Waals surface area contributed by atoms with Gasteiger partial charge in [0.2, 0.25) is 0 Å². The summed E-state index contributed by atoms with van der Waals surface area (Å²) in [6.45, 7) is 2.34. The van der Waals surface area contributed by atoms with Crippen molar-refractivity contribution in [3.8, 4) is 5.75 Å². The lowest BCUT2D eigenvalue weighted by Crippen LogP contribution is -2.57. The largest absolute Gasteiger partial charge is 0.484 e. The van der Waals surface area contributed by atoms with Crippen molar-refractivity contribution in [1.29, 1.82) is 0 Å². The number of nitrogens with one attached hydrogen (secondary N) is 1. The molecule has 0 aromatic carbocycles. The fourth-order valence-corrected chi connectivity index (χ4v) is 3.89. The SMILES string of the molecule is CC1ON=C(C(C)(CC2CC2)NC(=O)c2cc(OCC(F)(F)F)c(C3CC3)cn2)N1C. The molecule has 0 saturated heterocycles. The van der Waals surface area contributed by atoms with Gasteiger partial charge in [0.1, 0.15) is 11.4 Å². The molecule has 2 saturated carbocycles. The van der Waals surface area contributed by atoms with Crippen LogP contribution in [0.25, 0.3) is 0 Å². The normalized spacial score (nSPS) is 23.1. The topological polar surface area (TPSA) is 76.0 Å². The second-order valence-corrected chi connectivity index (χ2v) is 8.95. The Kier molecular flexibility index (Phi) is 5.51. The number of hydrogen-bond acceptors (Lipinski definition) is 6. The number of carbonyl (C=O) groups excluding carboxylic acids is 1. The van der Waals surface area contributed by atoms with E-state index in [4.69, 9.17) is 9.57 Å². The van der Waals surface area contributed by atoms with Crippen molar-refractivity contribution in [3.05, 3.63) is 23.5 Å². The number of nitrogens with zero attached hydrogens (tertiary/aromatic N) is 3. The van der Waals surface area contributed by atoms with Crippen LogP contribution in [0.2, 0.25) is 0 Å². The maximum absolute atomic E-state index is 13.1. The molecule has 170 valence electrons. The van der Waals surface area contributed by atoms with Gasteiger partial charge in [0.25, 0.3) is 5.91 Å². The lowest BCUT2D eigenvalue weighted by molar-refractivity contribution is -0.153. The molecule has 31 heavy (non-hydrogen) atoms. The monoisotopic (exact) mass is 440 g/mol. The molecule has 4 rings (SSSR count). The van der Waals surface area contributed by atoms with Crippen molar-refractivity contribution < 1.29 is 27.5 Å². The van der Waals surface area contributed by atoms with E-state index >= 15 is 0 Å². The highest BCUT2D eigenvalue weighted by Gasteiger charge is 2.44. The number of carbonyl (C=O) groups is 1. The van der Waals surface area contributed by atoms with Gasteiger partial charge in [-0.1, -0.05) is 18.0 Å². The van der Waals surface area contributed by atoms with Gasteiger partial charge in [0, 0.05) is 24.9 Å². The van der Waals surface area contributed by atoms with Crippen LogP contribution in [-0.2, 0) is 4.84 Å². The van der Waals surface area contributed by atoms with E-state index in [1.807, 2.05) is 25.8 Å². The predicted molar refractivity (Wildman–Crippen MR) is 107 cm³/mol. The van der Waals surface area contributed by atoms with Crippen molar-refractivity contribution in [2.75, 3.05) is 13.7 Å². The number of amidine groups is 1. The fraction of sp³-hybridized carbons (Fsp3) is 0.667. The van der Waals surface area contributed by atoms with Gasteiger partial charge in [-0.05, 0) is 44.9 Å². The highest BCUT2D eigenvalue weighted by atomic mass is 19.4. The van der Waals surface area contributed by atoms with E-state index in [1.54, 1.807) is 0 Å². The van der Waals surface area contributed by atoms with Crippen LogP contribution in [0, 0.1) is 5.92 Å². The minimum atomic E-state index is -4.46. The first kappa shape index (κ1) is 21.7. The van der Waals surface area contributed by atoms with Gasteiger partial charge in [-0.3, -0.25) is 9.78 Å². The van der Waals surface area contributed by atoms with Crippen LogP contribution >= 0.6 is 0 Å². The standard InChI is InChI=1S/C21H27F3N4O3/c1-12-28(3)19(27-31-12)20(2,9-13-4-5-13)26-18(29)16-8-17(30-11-21(22,23)24)15(10-25-16)14-6-7-14/h8,10,12-14H,4-7,9,11H2,1-3H3,(H,26,29). The van der Waals surface area contributed by atoms with Gasteiger partial charge < -0.3 is 19.8 Å². The third-order valence-corrected chi connectivity index (χ3v) is 5.98. The van der Waals surface area contributed by atoms with E-state index in [1.165, 1.54) is 12.3 Å². The zero-order valence-corrected chi connectivity index (χ0v) is 17.8. The molecule has 2 heterocycles. The Morgan fingerprint density at radius 3 is 2.58 bits per heavy atom. The first-order valence-corrected chi connectivity index (χ1v) is 10.5. The quantitative estimate of drug-likeness (QED) is 0.665. The smallest absolute Gasteiger partial charge is 0.422 e. The number of rotatable bonds is 8. The lowest BCUT2D eigenvalue weighted by atomic mass is 9.92. The molecule has 2 atom stereocenters. The van der Waals surface area contributed by atoms with Crippen LogP contribution < -0.4 is 10.1 Å². The summed E-state index contributed by atoms with van der Waals surface area (Å²) in [5.41, 5.74) is -0.163. The molecule has 1 N–H and O–H groups in total. The summed E-state index contributed by atoms with van der Waals surface area (Å²) in [6, 6.07) is 1.31. The minimum Gasteiger partial charge on any atom is -0.484 e. The lowest BCUT2D eigenvalue weighted by Gasteiger charge is -2.34. The van der Waals surface area contributed by atoms with Gasteiger partial charge in [-0.2, -0.15) is 13.2 Å². The van der Waals surface area contributed by atoms with E-state index in [9.17, 15) is 18.0 Å². The van der Waals surface area contributed by atoms with Gasteiger partial charge in [-0.25, -0.2) is 0 Å². The number of oxime groups is 1. The van der Waals surface area contributed by atoms with E-state index < -0.39 is 24.2 Å². The van der Waals surface area contributed by atoms with Crippen molar-refractivity contribution in [1.82, 2.24) is 15.2 Å². The molecule has 0 bridgehead atoms. The molecule has 10 heteroatoms. The number of hydrogen-bond donors (Lipinski definition) is 1. The van der Waals surface area contributed by atoms with Crippen molar-refractivity contribution in [2.24, 2.45) is 11.1 Å². The number of pyridine rings is 1. The van der Waals surface area contributed by atoms with Crippen LogP contribution in [0.3, 0.4) is 0 Å². The molecule has 2 unspecified atom stereocenters. The number of halogens is 3. The summed E-state index contributed by atoms with van der Waals surface area (Å²) in [7, 11) is 1.85. The number of ether oxygens (including phenoxy) is 1. The minimum absolute atomic E-state index is 0.0128. The molecule has 0 spiro atoms. The van der Waals surface area contributed by atoms with Gasteiger partial charge in [0.15, 0.2) is 18.7 Å². The Hall–Kier alpha value is -2.52. The molecule has 2 fully saturated rings. The van der Waals surface area contributed by atoms with Gasteiger partial charge in [0.05, 0.1) is 5.54 Å². The third-order valence-electron chi connectivity index (χ3n) is 5.98. The maximum atomic E-state index is 13.1. The predicted octanol–water partition coefficient (Wildman–Crippen LogP) is 3.81. The van der Waals surface area contributed by atoms with Crippen molar-refractivity contribution in [3.63, 3.8) is 0 Å². The molecule has 1 aliphatic heterocycles. The Bertz CT molecular complexity index is 883. The third kappa shape index (κ3) is 5.04. The van der Waals surface area contributed by atoms with Crippen LogP contribution in [0.4, 0.5) is 13.2 Å². The zero-order valence-electron chi connectivity index (χ0n) is 17.8. The summed E-state index contributed by atoms with van der Waals surface area (Å²) in [5.74, 6) is 0.804. The molecular weight excluding hydrogens is 413 g/mol. The molecule has 2 aliphatic carbocycles. The Labute approximate surface area is 179 Å².